The Morgan fingerprint density at radius 3 is 2.32 bits per heavy atom. The van der Waals surface area contributed by atoms with E-state index in [0.29, 0.717) is 38.3 Å². The van der Waals surface area contributed by atoms with E-state index >= 15 is 0 Å². The highest BCUT2D eigenvalue weighted by Gasteiger charge is 2.56. The Bertz CT molecular complexity index is 689. The fourth-order valence-electron chi connectivity index (χ4n) is 4.39. The number of benzene rings is 1. The second kappa shape index (κ2) is 6.29. The van der Waals surface area contributed by atoms with Gasteiger partial charge in [-0.3, -0.25) is 9.59 Å². The van der Waals surface area contributed by atoms with Gasteiger partial charge in [0.25, 0.3) is 0 Å². The van der Waals surface area contributed by atoms with Gasteiger partial charge in [0.2, 0.25) is 5.91 Å². The SMILES string of the molecule is O=C(O)[C@@H]1[C@H](C(=O)N2CCN(c3ccccc3F)CC2)[C@@H]2CC[C@H]1O2. The number of carboxylic acids is 1. The van der Waals surface area contributed by atoms with Gasteiger partial charge in [0, 0.05) is 26.2 Å². The number of fused-ring (bicyclic) bond motifs is 2. The Morgan fingerprint density at radius 1 is 1.04 bits per heavy atom. The van der Waals surface area contributed by atoms with Crippen LogP contribution in [-0.2, 0) is 14.3 Å². The van der Waals surface area contributed by atoms with Crippen LogP contribution in [0.1, 0.15) is 12.8 Å². The third-order valence-electron chi connectivity index (χ3n) is 5.63. The topological polar surface area (TPSA) is 70.1 Å². The Kier molecular flexibility index (Phi) is 4.11. The first-order valence-electron chi connectivity index (χ1n) is 8.73. The van der Waals surface area contributed by atoms with Crippen molar-refractivity contribution in [2.75, 3.05) is 31.1 Å². The minimum Gasteiger partial charge on any atom is -0.481 e. The normalized spacial score (nSPS) is 31.4. The number of hydrogen-bond donors (Lipinski definition) is 1. The largest absolute Gasteiger partial charge is 0.481 e. The summed E-state index contributed by atoms with van der Waals surface area (Å²) in [5, 5.41) is 9.47. The van der Waals surface area contributed by atoms with Crippen LogP contribution in [0.2, 0.25) is 0 Å². The van der Waals surface area contributed by atoms with E-state index in [9.17, 15) is 19.1 Å². The maximum Gasteiger partial charge on any atom is 0.310 e. The molecule has 0 aliphatic carbocycles. The van der Waals surface area contributed by atoms with Crippen molar-refractivity contribution in [3.05, 3.63) is 30.1 Å². The van der Waals surface area contributed by atoms with Crippen LogP contribution in [0.25, 0.3) is 0 Å². The average molecular weight is 348 g/mol. The number of hydrogen-bond acceptors (Lipinski definition) is 4. The predicted octanol–water partition coefficient (Wildman–Crippen LogP) is 1.35. The zero-order valence-corrected chi connectivity index (χ0v) is 13.8. The molecule has 3 saturated heterocycles. The number of carbonyl (C=O) groups excluding carboxylic acids is 1. The third-order valence-corrected chi connectivity index (χ3v) is 5.63. The van der Waals surface area contributed by atoms with Crippen molar-refractivity contribution in [1.82, 2.24) is 4.90 Å². The summed E-state index contributed by atoms with van der Waals surface area (Å²) in [4.78, 5) is 28.1. The van der Waals surface area contributed by atoms with Crippen molar-refractivity contribution in [3.8, 4) is 0 Å². The molecule has 0 saturated carbocycles. The number of anilines is 1. The minimum atomic E-state index is -0.949. The lowest BCUT2D eigenvalue weighted by Crippen LogP contribution is -2.53. The van der Waals surface area contributed by atoms with Crippen LogP contribution in [0, 0.1) is 17.7 Å². The molecule has 25 heavy (non-hydrogen) atoms. The van der Waals surface area contributed by atoms with Crippen LogP contribution in [0.5, 0.6) is 0 Å². The lowest BCUT2D eigenvalue weighted by molar-refractivity contribution is -0.151. The van der Waals surface area contributed by atoms with Gasteiger partial charge in [0.15, 0.2) is 0 Å². The lowest BCUT2D eigenvalue weighted by atomic mass is 9.78. The van der Waals surface area contributed by atoms with E-state index in [4.69, 9.17) is 4.74 Å². The van der Waals surface area contributed by atoms with Crippen LogP contribution >= 0.6 is 0 Å². The first-order valence-corrected chi connectivity index (χ1v) is 8.73. The molecule has 0 spiro atoms. The molecule has 3 aliphatic heterocycles. The summed E-state index contributed by atoms with van der Waals surface area (Å²) in [6, 6.07) is 6.60. The Hall–Kier alpha value is -2.15. The molecule has 1 aromatic rings. The van der Waals surface area contributed by atoms with Crippen LogP contribution in [0.15, 0.2) is 24.3 Å². The molecule has 0 unspecified atom stereocenters. The summed E-state index contributed by atoms with van der Waals surface area (Å²) in [7, 11) is 0. The summed E-state index contributed by atoms with van der Waals surface area (Å²) < 4.78 is 19.6. The third kappa shape index (κ3) is 2.76. The Labute approximate surface area is 145 Å². The minimum absolute atomic E-state index is 0.132. The van der Waals surface area contributed by atoms with Crippen molar-refractivity contribution in [2.24, 2.45) is 11.8 Å². The number of nitrogens with zero attached hydrogens (tertiary/aromatic N) is 2. The molecule has 3 fully saturated rings. The first-order chi connectivity index (χ1) is 12.1. The van der Waals surface area contributed by atoms with Crippen molar-refractivity contribution in [3.63, 3.8) is 0 Å². The van der Waals surface area contributed by atoms with E-state index in [1.807, 2.05) is 4.90 Å². The standard InChI is InChI=1S/C18H21FN2O4/c19-11-3-1-2-4-12(11)20-7-9-21(10-8-20)17(22)15-13-5-6-14(25-13)16(15)18(23)24/h1-4,13-16H,5-10H2,(H,23,24)/t13-,14+,15+,16-/m0/s1. The van der Waals surface area contributed by atoms with Crippen molar-refractivity contribution >= 4 is 17.6 Å². The smallest absolute Gasteiger partial charge is 0.310 e. The van der Waals surface area contributed by atoms with Gasteiger partial charge in [-0.05, 0) is 25.0 Å². The first kappa shape index (κ1) is 16.3. The molecule has 1 N–H and O–H groups in total. The highest BCUT2D eigenvalue weighted by molar-refractivity contribution is 5.86. The van der Waals surface area contributed by atoms with E-state index < -0.39 is 17.8 Å². The number of carbonyl (C=O) groups is 2. The molecule has 1 aromatic carbocycles. The maximum absolute atomic E-state index is 13.9. The van der Waals surface area contributed by atoms with Crippen molar-refractivity contribution in [1.29, 1.82) is 0 Å². The van der Waals surface area contributed by atoms with E-state index in [1.165, 1.54) is 6.07 Å². The van der Waals surface area contributed by atoms with Gasteiger partial charge in [-0.25, -0.2) is 4.39 Å². The van der Waals surface area contributed by atoms with Crippen molar-refractivity contribution < 1.29 is 23.8 Å². The summed E-state index contributed by atoms with van der Waals surface area (Å²) in [6.07, 6.45) is 0.853. The average Bonchev–Trinajstić information content (AvgIpc) is 3.23. The molecule has 4 atom stereocenters. The molecule has 3 heterocycles. The monoisotopic (exact) mass is 348 g/mol. The van der Waals surface area contributed by atoms with Crippen LogP contribution in [0.3, 0.4) is 0 Å². The molecule has 0 aromatic heterocycles. The Balaban J connectivity index is 1.43. The number of aliphatic carboxylic acids is 1. The van der Waals surface area contributed by atoms with Crippen LogP contribution in [0.4, 0.5) is 10.1 Å². The maximum atomic E-state index is 13.9. The summed E-state index contributed by atoms with van der Waals surface area (Å²) in [6.45, 7) is 2.00. The van der Waals surface area contributed by atoms with Gasteiger partial charge in [0.05, 0.1) is 29.7 Å². The van der Waals surface area contributed by atoms with E-state index in [1.54, 1.807) is 23.1 Å². The predicted molar refractivity (Wildman–Crippen MR) is 87.7 cm³/mol. The van der Waals surface area contributed by atoms with Gasteiger partial charge >= 0.3 is 5.97 Å². The molecule has 134 valence electrons. The number of amides is 1. The van der Waals surface area contributed by atoms with E-state index in [2.05, 4.69) is 0 Å². The highest BCUT2D eigenvalue weighted by Crippen LogP contribution is 2.44. The molecule has 4 rings (SSSR count). The number of halogens is 1. The number of para-hydroxylation sites is 1. The number of carboxylic acid groups (broad SMARTS) is 1. The van der Waals surface area contributed by atoms with Gasteiger partial charge in [-0.1, -0.05) is 12.1 Å². The molecule has 0 radical (unpaired) electrons. The van der Waals surface area contributed by atoms with E-state index in [-0.39, 0.29) is 23.9 Å². The molecule has 7 heteroatoms. The summed E-state index contributed by atoms with van der Waals surface area (Å²) in [5.41, 5.74) is 0.543. The zero-order chi connectivity index (χ0) is 17.6. The van der Waals surface area contributed by atoms with Gasteiger partial charge in [0.1, 0.15) is 5.82 Å². The fraction of sp³-hybridized carbons (Fsp3) is 0.556. The Morgan fingerprint density at radius 2 is 1.68 bits per heavy atom. The summed E-state index contributed by atoms with van der Waals surface area (Å²) >= 11 is 0. The molecule has 6 nitrogen and oxygen atoms in total. The molecular formula is C18H21FN2O4. The number of rotatable bonds is 3. The quantitative estimate of drug-likeness (QED) is 0.893. The fourth-order valence-corrected chi connectivity index (χ4v) is 4.39. The summed E-state index contributed by atoms with van der Waals surface area (Å²) in [5.74, 6) is -2.68. The van der Waals surface area contributed by atoms with E-state index in [0.717, 1.165) is 6.42 Å². The second-order valence-corrected chi connectivity index (χ2v) is 6.94. The second-order valence-electron chi connectivity index (χ2n) is 6.94. The molecule has 1 amide bonds. The van der Waals surface area contributed by atoms with Gasteiger partial charge in [-0.15, -0.1) is 0 Å². The lowest BCUT2D eigenvalue weighted by Gasteiger charge is -2.38. The highest BCUT2D eigenvalue weighted by atomic mass is 19.1. The van der Waals surface area contributed by atoms with Crippen LogP contribution in [-0.4, -0.2) is 60.3 Å². The number of ether oxygens (including phenoxy) is 1. The molecular weight excluding hydrogens is 327 g/mol. The van der Waals surface area contributed by atoms with Crippen molar-refractivity contribution in [2.45, 2.75) is 25.0 Å². The van der Waals surface area contributed by atoms with Gasteiger partial charge < -0.3 is 19.6 Å². The van der Waals surface area contributed by atoms with Gasteiger partial charge in [-0.2, -0.15) is 0 Å². The number of piperazine rings is 1. The zero-order valence-electron chi connectivity index (χ0n) is 13.8. The molecule has 3 aliphatic rings. The molecule has 2 bridgehead atoms. The van der Waals surface area contributed by atoms with Crippen LogP contribution < -0.4 is 4.90 Å².